The van der Waals surface area contributed by atoms with Crippen LogP contribution in [-0.2, 0) is 5.75 Å². The average Bonchev–Trinajstić information content (AvgIpc) is 2.99. The van der Waals surface area contributed by atoms with E-state index >= 15 is 0 Å². The molecule has 0 aromatic heterocycles. The fourth-order valence-electron chi connectivity index (χ4n) is 5.21. The van der Waals surface area contributed by atoms with Crippen molar-refractivity contribution in [2.24, 2.45) is 0 Å². The Morgan fingerprint density at radius 2 is 1.48 bits per heavy atom. The monoisotopic (exact) mass is 403 g/mol. The number of fused-ring (bicyclic) bond motifs is 3. The summed E-state index contributed by atoms with van der Waals surface area (Å²) in [6.45, 7) is 4.00. The van der Waals surface area contributed by atoms with E-state index in [1.165, 1.54) is 46.9 Å². The van der Waals surface area contributed by atoms with Gasteiger partial charge in [0.15, 0.2) is 0 Å². The smallest absolute Gasteiger partial charge is 0.0235 e. The van der Waals surface area contributed by atoms with Crippen LogP contribution in [0.3, 0.4) is 0 Å². The van der Waals surface area contributed by atoms with Gasteiger partial charge in [0, 0.05) is 22.7 Å². The second-order valence-electron chi connectivity index (χ2n) is 8.18. The standard InChI is InChI=1S/C25H27NS.C2H6/c1-26-21-13-14-22(26)16-20(15-21)23-10-4-3-8-19(23)17-27-25-12-6-9-18-7-2-5-11-24(18)25;1-2/h2-12,20-22H,13-17H2,1H3;1-2H3. The summed E-state index contributed by atoms with van der Waals surface area (Å²) in [5.74, 6) is 1.80. The van der Waals surface area contributed by atoms with Gasteiger partial charge in [0.25, 0.3) is 0 Å². The molecular formula is C27H33NS. The summed E-state index contributed by atoms with van der Waals surface area (Å²) in [6.07, 6.45) is 5.46. The van der Waals surface area contributed by atoms with Gasteiger partial charge in [0.2, 0.25) is 0 Å². The maximum Gasteiger partial charge on any atom is 0.0235 e. The highest BCUT2D eigenvalue weighted by Gasteiger charge is 2.39. The Kier molecular flexibility index (Phi) is 6.62. The van der Waals surface area contributed by atoms with Crippen LogP contribution in [0, 0.1) is 0 Å². The number of hydrogen-bond donors (Lipinski definition) is 0. The van der Waals surface area contributed by atoms with Crippen LogP contribution in [0.15, 0.2) is 71.6 Å². The van der Waals surface area contributed by atoms with Gasteiger partial charge in [-0.25, -0.2) is 0 Å². The van der Waals surface area contributed by atoms with Gasteiger partial charge in [-0.15, -0.1) is 11.8 Å². The highest BCUT2D eigenvalue weighted by atomic mass is 32.2. The molecule has 2 fully saturated rings. The van der Waals surface area contributed by atoms with Crippen LogP contribution in [0.2, 0.25) is 0 Å². The van der Waals surface area contributed by atoms with E-state index in [-0.39, 0.29) is 0 Å². The molecule has 0 amide bonds. The topological polar surface area (TPSA) is 3.24 Å². The van der Waals surface area contributed by atoms with Crippen molar-refractivity contribution in [2.45, 2.75) is 68.2 Å². The first-order chi connectivity index (χ1) is 14.3. The number of benzene rings is 3. The van der Waals surface area contributed by atoms with Crippen LogP contribution in [-0.4, -0.2) is 24.0 Å². The van der Waals surface area contributed by atoms with Crippen LogP contribution in [0.1, 0.15) is 56.6 Å². The Bertz CT molecular complexity index is 931. The van der Waals surface area contributed by atoms with Gasteiger partial charge in [-0.2, -0.15) is 0 Å². The van der Waals surface area contributed by atoms with Crippen molar-refractivity contribution in [1.82, 2.24) is 4.90 Å². The predicted molar refractivity (Wildman–Crippen MR) is 128 cm³/mol. The molecule has 2 aliphatic heterocycles. The summed E-state index contributed by atoms with van der Waals surface area (Å²) >= 11 is 1.99. The average molecular weight is 404 g/mol. The Balaban J connectivity index is 0.000000994. The molecule has 1 nitrogen and oxygen atoms in total. The molecule has 3 aromatic carbocycles. The molecule has 0 N–H and O–H groups in total. The van der Waals surface area contributed by atoms with Crippen molar-refractivity contribution in [2.75, 3.05) is 7.05 Å². The zero-order valence-electron chi connectivity index (χ0n) is 18.0. The van der Waals surface area contributed by atoms with Gasteiger partial charge >= 0.3 is 0 Å². The Hall–Kier alpha value is -1.77. The number of hydrogen-bond acceptors (Lipinski definition) is 2. The molecule has 5 rings (SSSR count). The molecule has 2 bridgehead atoms. The van der Waals surface area contributed by atoms with Gasteiger partial charge in [-0.05, 0) is 66.6 Å². The number of piperidine rings is 1. The quantitative estimate of drug-likeness (QED) is 0.415. The summed E-state index contributed by atoms with van der Waals surface area (Å²) in [5.41, 5.74) is 3.14. The minimum absolute atomic E-state index is 0.739. The van der Waals surface area contributed by atoms with Crippen LogP contribution in [0.25, 0.3) is 10.8 Å². The van der Waals surface area contributed by atoms with E-state index < -0.39 is 0 Å². The van der Waals surface area contributed by atoms with Crippen LogP contribution in [0.4, 0.5) is 0 Å². The normalized spacial score (nSPS) is 23.6. The Labute approximate surface area is 180 Å². The molecule has 3 aromatic rings. The van der Waals surface area contributed by atoms with E-state index in [0.717, 1.165) is 23.8 Å². The van der Waals surface area contributed by atoms with Crippen LogP contribution in [0.5, 0.6) is 0 Å². The van der Waals surface area contributed by atoms with Gasteiger partial charge in [-0.3, -0.25) is 0 Å². The molecule has 2 heterocycles. The Morgan fingerprint density at radius 3 is 2.28 bits per heavy atom. The lowest BCUT2D eigenvalue weighted by Crippen LogP contribution is -2.39. The van der Waals surface area contributed by atoms with E-state index in [1.54, 1.807) is 5.56 Å². The zero-order chi connectivity index (χ0) is 20.2. The fraction of sp³-hybridized carbons (Fsp3) is 0.407. The first-order valence-corrected chi connectivity index (χ1v) is 12.2. The second-order valence-corrected chi connectivity index (χ2v) is 9.20. The lowest BCUT2D eigenvalue weighted by Gasteiger charge is -2.37. The summed E-state index contributed by atoms with van der Waals surface area (Å²) in [4.78, 5) is 4.04. The molecule has 2 aliphatic rings. The summed E-state index contributed by atoms with van der Waals surface area (Å²) in [5, 5.41) is 2.71. The van der Waals surface area contributed by atoms with Crippen molar-refractivity contribution >= 4 is 22.5 Å². The molecule has 2 atom stereocenters. The first kappa shape index (κ1) is 20.5. The molecule has 2 unspecified atom stereocenters. The highest BCUT2D eigenvalue weighted by molar-refractivity contribution is 7.98. The third-order valence-electron chi connectivity index (χ3n) is 6.73. The van der Waals surface area contributed by atoms with Crippen molar-refractivity contribution in [3.8, 4) is 0 Å². The van der Waals surface area contributed by atoms with Gasteiger partial charge in [-0.1, -0.05) is 74.5 Å². The molecule has 2 heteroatoms. The molecule has 0 saturated carbocycles. The minimum atomic E-state index is 0.739. The van der Waals surface area contributed by atoms with Crippen molar-refractivity contribution in [1.29, 1.82) is 0 Å². The molecule has 2 saturated heterocycles. The zero-order valence-corrected chi connectivity index (χ0v) is 18.8. The van der Waals surface area contributed by atoms with E-state index in [4.69, 9.17) is 0 Å². The minimum Gasteiger partial charge on any atom is -0.300 e. The number of rotatable bonds is 4. The second kappa shape index (κ2) is 9.36. The fourth-order valence-corrected chi connectivity index (χ4v) is 6.30. The predicted octanol–water partition coefficient (Wildman–Crippen LogP) is 7.50. The molecule has 152 valence electrons. The van der Waals surface area contributed by atoms with Crippen LogP contribution >= 0.6 is 11.8 Å². The highest BCUT2D eigenvalue weighted by Crippen LogP contribution is 2.43. The third kappa shape index (κ3) is 4.25. The van der Waals surface area contributed by atoms with Gasteiger partial charge < -0.3 is 4.90 Å². The largest absolute Gasteiger partial charge is 0.300 e. The number of nitrogens with zero attached hydrogens (tertiary/aromatic N) is 1. The Morgan fingerprint density at radius 1 is 0.828 bits per heavy atom. The summed E-state index contributed by atoms with van der Waals surface area (Å²) < 4.78 is 0. The molecule has 0 aliphatic carbocycles. The van der Waals surface area contributed by atoms with Gasteiger partial charge in [0.1, 0.15) is 0 Å². The SMILES string of the molecule is CC.CN1C2CCC1CC(c1ccccc1CSc1cccc3ccccc13)C2. The van der Waals surface area contributed by atoms with Crippen molar-refractivity contribution in [3.63, 3.8) is 0 Å². The lowest BCUT2D eigenvalue weighted by atomic mass is 9.83. The molecular weight excluding hydrogens is 370 g/mol. The van der Waals surface area contributed by atoms with E-state index in [0.29, 0.717) is 0 Å². The van der Waals surface area contributed by atoms with E-state index in [1.807, 2.05) is 25.6 Å². The summed E-state index contributed by atoms with van der Waals surface area (Å²) in [7, 11) is 2.33. The summed E-state index contributed by atoms with van der Waals surface area (Å²) in [6, 6.07) is 26.2. The van der Waals surface area contributed by atoms with Crippen molar-refractivity contribution in [3.05, 3.63) is 77.9 Å². The van der Waals surface area contributed by atoms with Crippen molar-refractivity contribution < 1.29 is 0 Å². The van der Waals surface area contributed by atoms with Crippen LogP contribution < -0.4 is 0 Å². The third-order valence-corrected chi connectivity index (χ3v) is 7.85. The van der Waals surface area contributed by atoms with E-state index in [9.17, 15) is 0 Å². The number of thioether (sulfide) groups is 1. The van der Waals surface area contributed by atoms with Gasteiger partial charge in [0.05, 0.1) is 0 Å². The molecule has 0 radical (unpaired) electrons. The lowest BCUT2D eigenvalue weighted by molar-refractivity contribution is 0.161. The van der Waals surface area contributed by atoms with E-state index in [2.05, 4.69) is 78.7 Å². The first-order valence-electron chi connectivity index (χ1n) is 11.2. The maximum atomic E-state index is 2.64. The maximum absolute atomic E-state index is 2.64. The molecule has 29 heavy (non-hydrogen) atoms. The molecule has 0 spiro atoms.